The molecule has 3 N–H and O–H groups in total. The third-order valence-corrected chi connectivity index (χ3v) is 6.79. The molecule has 0 bridgehead atoms. The molecule has 0 aliphatic rings. The number of rotatable bonds is 11. The summed E-state index contributed by atoms with van der Waals surface area (Å²) in [5.41, 5.74) is 4.77. The lowest BCUT2D eigenvalue weighted by molar-refractivity contribution is 0.149. The molecule has 0 amide bonds. The first-order chi connectivity index (χ1) is 19.5. The standard InChI is InChI=1S/C33H31F2N3O2/c1-40-27-11-7-8-22(16-27)20-36-21-33(39)32(17-23-14-25(34)18-26(35)15-23)38-31-19-30(24-9-3-2-4-10-24)37-29-13-6-5-12-28(29)31/h2-16,18-19,32-33,36,39H,17,20-21H2,1H3,(H,37,38). The zero-order valence-corrected chi connectivity index (χ0v) is 22.1. The Hall–Kier alpha value is -4.33. The Morgan fingerprint density at radius 1 is 0.825 bits per heavy atom. The topological polar surface area (TPSA) is 66.4 Å². The fourth-order valence-corrected chi connectivity index (χ4v) is 4.81. The van der Waals surface area contributed by atoms with Crippen molar-refractivity contribution in [2.45, 2.75) is 25.1 Å². The molecule has 1 heterocycles. The van der Waals surface area contributed by atoms with Crippen LogP contribution in [0, 0.1) is 11.6 Å². The van der Waals surface area contributed by atoms with Gasteiger partial charge in [0.1, 0.15) is 17.4 Å². The van der Waals surface area contributed by atoms with E-state index in [1.54, 1.807) is 7.11 Å². The van der Waals surface area contributed by atoms with Crippen LogP contribution < -0.4 is 15.4 Å². The number of benzene rings is 4. The summed E-state index contributed by atoms with van der Waals surface area (Å²) in [6.45, 7) is 0.771. The first kappa shape index (κ1) is 27.2. The molecule has 4 aromatic carbocycles. The maximum Gasteiger partial charge on any atom is 0.126 e. The fraction of sp³-hybridized carbons (Fsp3) is 0.182. The average Bonchev–Trinajstić information content (AvgIpc) is 2.96. The van der Waals surface area contributed by atoms with Gasteiger partial charge in [0.15, 0.2) is 0 Å². The molecular weight excluding hydrogens is 508 g/mol. The van der Waals surface area contributed by atoms with Gasteiger partial charge in [-0.15, -0.1) is 0 Å². The van der Waals surface area contributed by atoms with Gasteiger partial charge in [-0.2, -0.15) is 0 Å². The van der Waals surface area contributed by atoms with Gasteiger partial charge in [-0.05, 0) is 53.9 Å². The van der Waals surface area contributed by atoms with Crippen LogP contribution in [-0.4, -0.2) is 35.9 Å². The summed E-state index contributed by atoms with van der Waals surface area (Å²) in [6, 6.07) is 30.1. The zero-order valence-electron chi connectivity index (χ0n) is 22.1. The van der Waals surface area contributed by atoms with Crippen LogP contribution in [-0.2, 0) is 13.0 Å². The van der Waals surface area contributed by atoms with Crippen molar-refractivity contribution in [1.82, 2.24) is 10.3 Å². The number of aliphatic hydroxyl groups excluding tert-OH is 1. The zero-order chi connectivity index (χ0) is 27.9. The van der Waals surface area contributed by atoms with Crippen LogP contribution in [0.3, 0.4) is 0 Å². The van der Waals surface area contributed by atoms with Gasteiger partial charge in [-0.1, -0.05) is 60.7 Å². The minimum Gasteiger partial charge on any atom is -0.497 e. The Balaban J connectivity index is 1.43. The van der Waals surface area contributed by atoms with Crippen LogP contribution in [0.1, 0.15) is 11.1 Å². The van der Waals surface area contributed by atoms with Crippen molar-refractivity contribution in [1.29, 1.82) is 0 Å². The molecule has 0 saturated heterocycles. The Morgan fingerprint density at radius 2 is 1.57 bits per heavy atom. The third-order valence-electron chi connectivity index (χ3n) is 6.79. The molecule has 40 heavy (non-hydrogen) atoms. The molecule has 0 radical (unpaired) electrons. The number of methoxy groups -OCH3 is 1. The van der Waals surface area contributed by atoms with E-state index in [1.807, 2.05) is 84.9 Å². The minimum absolute atomic E-state index is 0.202. The summed E-state index contributed by atoms with van der Waals surface area (Å²) < 4.78 is 33.4. The Morgan fingerprint density at radius 3 is 2.35 bits per heavy atom. The Bertz CT molecular complexity index is 1560. The summed E-state index contributed by atoms with van der Waals surface area (Å²) in [5.74, 6) is -0.550. The predicted octanol–water partition coefficient (Wildman–Crippen LogP) is 6.36. The van der Waals surface area contributed by atoms with Crippen LogP contribution in [0.5, 0.6) is 5.75 Å². The summed E-state index contributed by atoms with van der Waals surface area (Å²) in [6.07, 6.45) is -0.683. The number of pyridine rings is 1. The number of ether oxygens (including phenoxy) is 1. The highest BCUT2D eigenvalue weighted by molar-refractivity contribution is 5.93. The van der Waals surface area contributed by atoms with Crippen LogP contribution in [0.2, 0.25) is 0 Å². The quantitative estimate of drug-likeness (QED) is 0.182. The monoisotopic (exact) mass is 539 g/mol. The highest BCUT2D eigenvalue weighted by Crippen LogP contribution is 2.29. The van der Waals surface area contributed by atoms with Gasteiger partial charge in [-0.25, -0.2) is 13.8 Å². The predicted molar refractivity (Wildman–Crippen MR) is 155 cm³/mol. The van der Waals surface area contributed by atoms with E-state index < -0.39 is 23.8 Å². The number of hydrogen-bond acceptors (Lipinski definition) is 5. The number of halogens is 2. The van der Waals surface area contributed by atoms with Gasteiger partial charge >= 0.3 is 0 Å². The van der Waals surface area contributed by atoms with Gasteiger partial charge in [-0.3, -0.25) is 0 Å². The molecular formula is C33H31F2N3O2. The number of aromatic nitrogens is 1. The lowest BCUT2D eigenvalue weighted by Crippen LogP contribution is -2.42. The maximum atomic E-state index is 14.1. The van der Waals surface area contributed by atoms with Gasteiger partial charge < -0.3 is 20.5 Å². The average molecular weight is 540 g/mol. The molecule has 0 aliphatic carbocycles. The number of hydrogen-bond donors (Lipinski definition) is 3. The molecule has 0 spiro atoms. The lowest BCUT2D eigenvalue weighted by atomic mass is 9.99. The molecule has 2 unspecified atom stereocenters. The number of aliphatic hydroxyl groups is 1. The fourth-order valence-electron chi connectivity index (χ4n) is 4.81. The molecule has 2 atom stereocenters. The molecule has 0 aliphatic heterocycles. The molecule has 0 fully saturated rings. The van der Waals surface area contributed by atoms with E-state index in [2.05, 4.69) is 10.6 Å². The maximum absolute atomic E-state index is 14.1. The first-order valence-electron chi connectivity index (χ1n) is 13.2. The summed E-state index contributed by atoms with van der Waals surface area (Å²) >= 11 is 0. The van der Waals surface area contributed by atoms with Gasteiger partial charge in [0.2, 0.25) is 0 Å². The Labute approximate surface area is 232 Å². The van der Waals surface area contributed by atoms with E-state index in [9.17, 15) is 13.9 Å². The molecule has 204 valence electrons. The molecule has 7 heteroatoms. The van der Waals surface area contributed by atoms with Crippen LogP contribution in [0.25, 0.3) is 22.2 Å². The van der Waals surface area contributed by atoms with Crippen molar-refractivity contribution in [2.75, 3.05) is 19.0 Å². The molecule has 0 saturated carbocycles. The SMILES string of the molecule is COc1cccc(CNCC(O)C(Cc2cc(F)cc(F)c2)Nc2cc(-c3ccccc3)nc3ccccc23)c1. The van der Waals surface area contributed by atoms with Crippen molar-refractivity contribution in [2.24, 2.45) is 0 Å². The summed E-state index contributed by atoms with van der Waals surface area (Å²) in [5, 5.41) is 19.0. The van der Waals surface area contributed by atoms with Crippen LogP contribution >= 0.6 is 0 Å². The van der Waals surface area contributed by atoms with E-state index in [0.29, 0.717) is 12.1 Å². The number of fused-ring (bicyclic) bond motifs is 1. The van der Waals surface area contributed by atoms with Gasteiger partial charge in [0.05, 0.1) is 30.5 Å². The van der Waals surface area contributed by atoms with Crippen molar-refractivity contribution >= 4 is 16.6 Å². The second kappa shape index (κ2) is 12.7. The number of para-hydroxylation sites is 1. The van der Waals surface area contributed by atoms with E-state index in [1.165, 1.54) is 12.1 Å². The van der Waals surface area contributed by atoms with Crippen molar-refractivity contribution < 1.29 is 18.6 Å². The molecule has 1 aromatic heterocycles. The number of nitrogens with one attached hydrogen (secondary N) is 2. The molecule has 5 rings (SSSR count). The van der Waals surface area contributed by atoms with Crippen LogP contribution in [0.4, 0.5) is 14.5 Å². The number of nitrogens with zero attached hydrogens (tertiary/aromatic N) is 1. The largest absolute Gasteiger partial charge is 0.497 e. The smallest absolute Gasteiger partial charge is 0.126 e. The summed E-state index contributed by atoms with van der Waals surface area (Å²) in [4.78, 5) is 4.84. The van der Waals surface area contributed by atoms with E-state index in [-0.39, 0.29) is 13.0 Å². The third kappa shape index (κ3) is 6.81. The minimum atomic E-state index is -0.885. The van der Waals surface area contributed by atoms with Crippen LogP contribution in [0.15, 0.2) is 103 Å². The second-order valence-corrected chi connectivity index (χ2v) is 9.72. The summed E-state index contributed by atoms with van der Waals surface area (Å²) in [7, 11) is 1.62. The van der Waals surface area contributed by atoms with E-state index in [0.717, 1.165) is 45.2 Å². The van der Waals surface area contributed by atoms with E-state index in [4.69, 9.17) is 9.72 Å². The van der Waals surface area contributed by atoms with Gasteiger partial charge in [0, 0.05) is 35.8 Å². The van der Waals surface area contributed by atoms with Crippen molar-refractivity contribution in [3.8, 4) is 17.0 Å². The normalized spacial score (nSPS) is 12.7. The highest BCUT2D eigenvalue weighted by Gasteiger charge is 2.22. The van der Waals surface area contributed by atoms with Crippen molar-refractivity contribution in [3.63, 3.8) is 0 Å². The molecule has 5 nitrogen and oxygen atoms in total. The Kier molecular flexibility index (Phi) is 8.64. The number of anilines is 1. The molecule has 5 aromatic rings. The lowest BCUT2D eigenvalue weighted by Gasteiger charge is -2.27. The van der Waals surface area contributed by atoms with Gasteiger partial charge in [0.25, 0.3) is 0 Å². The van der Waals surface area contributed by atoms with E-state index >= 15 is 0 Å². The second-order valence-electron chi connectivity index (χ2n) is 9.72. The first-order valence-corrected chi connectivity index (χ1v) is 13.2. The highest BCUT2D eigenvalue weighted by atomic mass is 19.1. The van der Waals surface area contributed by atoms with Crippen molar-refractivity contribution in [3.05, 3.63) is 126 Å².